The van der Waals surface area contributed by atoms with Gasteiger partial charge in [-0.1, -0.05) is 81.1 Å². The van der Waals surface area contributed by atoms with Crippen LogP contribution in [0.1, 0.15) is 54.6 Å². The van der Waals surface area contributed by atoms with E-state index in [0.29, 0.717) is 43.7 Å². The van der Waals surface area contributed by atoms with Crippen molar-refractivity contribution in [2.45, 2.75) is 64.0 Å². The summed E-state index contributed by atoms with van der Waals surface area (Å²) in [6, 6.07) is 19.0. The summed E-state index contributed by atoms with van der Waals surface area (Å²) in [5.74, 6) is 1.11. The van der Waals surface area contributed by atoms with Crippen LogP contribution < -0.4 is 15.9 Å². The van der Waals surface area contributed by atoms with E-state index in [1.54, 1.807) is 53.3 Å². The van der Waals surface area contributed by atoms with Crippen LogP contribution >= 0.6 is 23.1 Å². The third-order valence-electron chi connectivity index (χ3n) is 10.3. The van der Waals surface area contributed by atoms with Gasteiger partial charge in [0.15, 0.2) is 10.8 Å². The number of nitrogens with one attached hydrogen (secondary N) is 1. The third kappa shape index (κ3) is 6.13. The Bertz CT molecular complexity index is 2700. The molecule has 4 heterocycles. The van der Waals surface area contributed by atoms with Crippen LogP contribution in [-0.2, 0) is 24.8 Å². The maximum Gasteiger partial charge on any atom is 0.433 e. The Morgan fingerprint density at radius 1 is 1.02 bits per heavy atom. The van der Waals surface area contributed by atoms with Crippen molar-refractivity contribution in [2.75, 3.05) is 7.11 Å². The number of halogens is 3. The summed E-state index contributed by atoms with van der Waals surface area (Å²) in [7, 11) is 1.56. The van der Waals surface area contributed by atoms with Gasteiger partial charge >= 0.3 is 6.18 Å². The summed E-state index contributed by atoms with van der Waals surface area (Å²) in [6.45, 7) is 8.66. The van der Waals surface area contributed by atoms with Crippen LogP contribution in [0.5, 0.6) is 5.75 Å². The van der Waals surface area contributed by atoms with Crippen molar-refractivity contribution in [1.82, 2.24) is 24.1 Å². The Balaban J connectivity index is 1.28. The van der Waals surface area contributed by atoms with Crippen LogP contribution in [0.2, 0.25) is 0 Å². The van der Waals surface area contributed by atoms with Crippen molar-refractivity contribution < 1.29 is 17.9 Å². The fourth-order valence-electron chi connectivity index (χ4n) is 7.41. The Hall–Kier alpha value is -4.88. The Kier molecular flexibility index (Phi) is 8.56. The van der Waals surface area contributed by atoms with Crippen LogP contribution in [0.25, 0.3) is 43.5 Å². The molecule has 53 heavy (non-hydrogen) atoms. The number of aromatic amines is 1. The monoisotopic (exact) mass is 755 g/mol. The van der Waals surface area contributed by atoms with E-state index in [1.165, 1.54) is 22.7 Å². The van der Waals surface area contributed by atoms with E-state index in [2.05, 4.69) is 30.9 Å². The second-order valence-corrected chi connectivity index (χ2v) is 16.6. The number of thiophene rings is 1. The van der Waals surface area contributed by atoms with Crippen molar-refractivity contribution in [3.63, 3.8) is 0 Å². The predicted octanol–water partition coefficient (Wildman–Crippen LogP) is 9.38. The van der Waals surface area contributed by atoms with E-state index in [9.17, 15) is 22.8 Å². The molecule has 8 rings (SSSR count). The molecule has 0 saturated carbocycles. The second kappa shape index (κ2) is 12.9. The van der Waals surface area contributed by atoms with Gasteiger partial charge in [-0.2, -0.15) is 13.2 Å². The molecule has 4 aromatic heterocycles. The van der Waals surface area contributed by atoms with Crippen molar-refractivity contribution in [1.29, 1.82) is 0 Å². The minimum atomic E-state index is -4.79. The first-order valence-corrected chi connectivity index (χ1v) is 19.1. The van der Waals surface area contributed by atoms with Crippen LogP contribution in [0.15, 0.2) is 81.5 Å². The maximum atomic E-state index is 14.7. The zero-order valence-corrected chi connectivity index (χ0v) is 31.4. The van der Waals surface area contributed by atoms with Crippen LogP contribution in [0.4, 0.5) is 13.2 Å². The molecule has 1 aliphatic carbocycles. The fraction of sp³-hybridized carbons (Fsp3) is 0.300. The molecule has 1 atom stereocenters. The summed E-state index contributed by atoms with van der Waals surface area (Å²) in [5.41, 5.74) is 0.881. The molecule has 0 bridgehead atoms. The summed E-state index contributed by atoms with van der Waals surface area (Å²) in [5, 5.41) is 4.64. The van der Waals surface area contributed by atoms with E-state index in [-0.39, 0.29) is 33.6 Å². The lowest BCUT2D eigenvalue weighted by atomic mass is 9.72. The molecule has 7 aromatic rings. The normalized spacial score (nSPS) is 15.1. The first kappa shape index (κ1) is 35.2. The van der Waals surface area contributed by atoms with Gasteiger partial charge < -0.3 is 4.74 Å². The molecular weight excluding hydrogens is 720 g/mol. The van der Waals surface area contributed by atoms with Crippen molar-refractivity contribution in [2.24, 2.45) is 11.3 Å². The molecule has 272 valence electrons. The average molecular weight is 756 g/mol. The topological polar surface area (TPSA) is 94.3 Å². The van der Waals surface area contributed by atoms with E-state index in [1.807, 2.05) is 37.3 Å². The van der Waals surface area contributed by atoms with Gasteiger partial charge in [-0.25, -0.2) is 14.5 Å². The van der Waals surface area contributed by atoms with Gasteiger partial charge in [-0.05, 0) is 71.0 Å². The molecule has 13 heteroatoms. The molecule has 8 nitrogen and oxygen atoms in total. The number of hydrogen-bond acceptors (Lipinski definition) is 7. The highest BCUT2D eigenvalue weighted by Gasteiger charge is 2.39. The zero-order chi connectivity index (χ0) is 37.4. The van der Waals surface area contributed by atoms with E-state index in [0.717, 1.165) is 40.3 Å². The lowest BCUT2D eigenvalue weighted by Crippen LogP contribution is -2.27. The first-order valence-electron chi connectivity index (χ1n) is 17.3. The minimum Gasteiger partial charge on any atom is -0.497 e. The third-order valence-corrected chi connectivity index (χ3v) is 12.4. The van der Waals surface area contributed by atoms with Crippen molar-refractivity contribution in [3.05, 3.63) is 115 Å². The number of aromatic nitrogens is 5. The summed E-state index contributed by atoms with van der Waals surface area (Å²) in [6.07, 6.45) is -2.14. The highest BCUT2D eigenvalue weighted by molar-refractivity contribution is 7.98. The molecule has 1 unspecified atom stereocenters. The predicted molar refractivity (Wildman–Crippen MR) is 205 cm³/mol. The molecule has 0 amide bonds. The van der Waals surface area contributed by atoms with Crippen molar-refractivity contribution >= 4 is 49.7 Å². The van der Waals surface area contributed by atoms with Gasteiger partial charge in [0.1, 0.15) is 16.3 Å². The molecule has 0 radical (unpaired) electrons. The van der Waals surface area contributed by atoms with Crippen LogP contribution in [0.3, 0.4) is 0 Å². The Morgan fingerprint density at radius 3 is 2.55 bits per heavy atom. The number of fused-ring (bicyclic) bond motifs is 5. The maximum absolute atomic E-state index is 14.7. The van der Waals surface area contributed by atoms with Crippen molar-refractivity contribution in [3.8, 4) is 22.6 Å². The van der Waals surface area contributed by atoms with Gasteiger partial charge in [0.2, 0.25) is 0 Å². The first-order chi connectivity index (χ1) is 25.2. The molecular formula is C40H36F3N5O3S2. The molecule has 1 N–H and O–H groups in total. The fourth-order valence-corrected chi connectivity index (χ4v) is 9.65. The number of methoxy groups -OCH3 is 1. The number of ether oxygens (including phenoxy) is 1. The lowest BCUT2D eigenvalue weighted by molar-refractivity contribution is -0.140. The second-order valence-electron chi connectivity index (χ2n) is 14.6. The highest BCUT2D eigenvalue weighted by atomic mass is 32.2. The Labute approximate surface area is 310 Å². The number of alkyl halides is 3. The highest BCUT2D eigenvalue weighted by Crippen LogP contribution is 2.44. The standard InChI is InChI=1S/C40H36F3N5O3S2/c1-21-13-15-25(51-5)19-29(21)47-37(50)33-28-16-14-23(39(2,3)4)17-30(28)53-36(33)45-38(47)52-20-24-18-31(49)48-35(44-24)32(34(46-48)40(41,42)43)27-12-8-10-22-9-6-7-11-26(22)27/h6-13,15,18-19,23,46H,14,16-17,20H2,1-5H3. The van der Waals surface area contributed by atoms with Gasteiger partial charge in [0, 0.05) is 22.8 Å². The summed E-state index contributed by atoms with van der Waals surface area (Å²) >= 11 is 2.76. The number of rotatable bonds is 6. The quantitative estimate of drug-likeness (QED) is 0.134. The largest absolute Gasteiger partial charge is 0.497 e. The zero-order valence-electron chi connectivity index (χ0n) is 29.7. The SMILES string of the molecule is COc1ccc(C)c(-n2c(SCc3cc(=O)n4[nH]c(C(F)(F)F)c(-c5cccc6ccccc56)c4n3)nc3sc4c(c3c2=O)CCC(C(C)(C)C)C4)c1. The smallest absolute Gasteiger partial charge is 0.433 e. The number of nitrogens with zero attached hydrogens (tertiary/aromatic N) is 4. The minimum absolute atomic E-state index is 0.0609. The number of H-pyrrole nitrogens is 1. The molecule has 0 saturated heterocycles. The Morgan fingerprint density at radius 2 is 1.79 bits per heavy atom. The summed E-state index contributed by atoms with van der Waals surface area (Å²) < 4.78 is 51.7. The molecule has 0 spiro atoms. The number of hydrogen-bond donors (Lipinski definition) is 1. The molecule has 0 aliphatic heterocycles. The van der Waals surface area contributed by atoms with E-state index >= 15 is 0 Å². The molecule has 1 aliphatic rings. The van der Waals surface area contributed by atoms with E-state index < -0.39 is 17.4 Å². The van der Waals surface area contributed by atoms with E-state index in [4.69, 9.17) is 9.72 Å². The lowest BCUT2D eigenvalue weighted by Gasteiger charge is -2.33. The van der Waals surface area contributed by atoms with Gasteiger partial charge in [0.25, 0.3) is 11.1 Å². The number of benzene rings is 3. The molecule has 3 aromatic carbocycles. The van der Waals surface area contributed by atoms with Gasteiger partial charge in [0.05, 0.1) is 29.4 Å². The average Bonchev–Trinajstić information content (AvgIpc) is 3.70. The molecule has 0 fully saturated rings. The van der Waals surface area contributed by atoms with Gasteiger partial charge in [-0.15, -0.1) is 11.3 Å². The van der Waals surface area contributed by atoms with Crippen LogP contribution in [0, 0.1) is 18.3 Å². The summed E-state index contributed by atoms with van der Waals surface area (Å²) in [4.78, 5) is 39.7. The number of aryl methyl sites for hydroxylation is 2. The van der Waals surface area contributed by atoms with Gasteiger partial charge in [-0.3, -0.25) is 19.3 Å². The number of thioether (sulfide) groups is 1. The van der Waals surface area contributed by atoms with Crippen LogP contribution in [-0.4, -0.2) is 31.3 Å².